The van der Waals surface area contributed by atoms with E-state index < -0.39 is 18.0 Å². The van der Waals surface area contributed by atoms with E-state index in [0.717, 1.165) is 0 Å². The lowest BCUT2D eigenvalue weighted by molar-refractivity contribution is -0.143. The Morgan fingerprint density at radius 1 is 1.35 bits per heavy atom. The number of allylic oxidation sites excluding steroid dienone is 1. The number of methoxy groups -OCH3 is 1. The highest BCUT2D eigenvalue weighted by molar-refractivity contribution is 5.95. The summed E-state index contributed by atoms with van der Waals surface area (Å²) in [5, 5.41) is 15.3. The largest absolute Gasteiger partial charge is 0.508 e. The minimum atomic E-state index is -0.829. The molecule has 3 N–H and O–H groups in total. The van der Waals surface area contributed by atoms with Crippen LogP contribution in [0.4, 0.5) is 4.79 Å². The highest BCUT2D eigenvalue weighted by atomic mass is 16.5. The number of ether oxygens (including phenoxy) is 2. The zero-order chi connectivity index (χ0) is 17.1. The van der Waals surface area contributed by atoms with E-state index >= 15 is 0 Å². The molecule has 1 aromatic rings. The number of phenols is 1. The van der Waals surface area contributed by atoms with E-state index in [4.69, 9.17) is 9.47 Å². The van der Waals surface area contributed by atoms with Gasteiger partial charge in [0.25, 0.3) is 0 Å². The van der Waals surface area contributed by atoms with Crippen LogP contribution in [0.3, 0.4) is 0 Å². The molecule has 0 spiro atoms. The number of carbonyl (C=O) groups excluding carboxylic acids is 2. The second-order valence-corrected chi connectivity index (χ2v) is 5.45. The third-order valence-electron chi connectivity index (χ3n) is 3.38. The van der Waals surface area contributed by atoms with Crippen LogP contribution in [0.5, 0.6) is 11.5 Å². The van der Waals surface area contributed by atoms with E-state index in [9.17, 15) is 14.7 Å². The minimum absolute atomic E-state index is 0.0550. The summed E-state index contributed by atoms with van der Waals surface area (Å²) in [4.78, 5) is 24.2. The maximum Gasteiger partial charge on any atom is 0.338 e. The summed E-state index contributed by atoms with van der Waals surface area (Å²) >= 11 is 0. The van der Waals surface area contributed by atoms with Crippen LogP contribution < -0.4 is 15.4 Å². The summed E-state index contributed by atoms with van der Waals surface area (Å²) in [5.74, 6) is -0.113. The Balaban J connectivity index is 2.51. The lowest BCUT2D eigenvalue weighted by Gasteiger charge is -2.29. The van der Waals surface area contributed by atoms with Gasteiger partial charge in [0, 0.05) is 11.3 Å². The van der Waals surface area contributed by atoms with Crippen molar-refractivity contribution in [1.82, 2.24) is 10.6 Å². The Morgan fingerprint density at radius 3 is 2.65 bits per heavy atom. The molecule has 124 valence electrons. The Labute approximate surface area is 134 Å². The first-order valence-electron chi connectivity index (χ1n) is 7.19. The molecule has 7 heteroatoms. The standard InChI is InChI=1S/C16H20N2O5/c1-8(2)23-15(20)13-9(3)17-16(21)18-14(13)11-7-10(22-4)5-6-12(11)19/h5-8,14,19H,1-4H3,(H2,17,18,21). The second kappa shape index (κ2) is 6.60. The van der Waals surface area contributed by atoms with Gasteiger partial charge in [-0.3, -0.25) is 0 Å². The van der Waals surface area contributed by atoms with E-state index in [1.54, 1.807) is 32.9 Å². The van der Waals surface area contributed by atoms with Crippen LogP contribution in [0.2, 0.25) is 0 Å². The Bertz CT molecular complexity index is 666. The average molecular weight is 320 g/mol. The average Bonchev–Trinajstić information content (AvgIpc) is 2.46. The van der Waals surface area contributed by atoms with Crippen molar-refractivity contribution in [2.75, 3.05) is 7.11 Å². The number of hydrogen-bond donors (Lipinski definition) is 3. The van der Waals surface area contributed by atoms with Crippen LogP contribution in [0.1, 0.15) is 32.4 Å². The fraction of sp³-hybridized carbons (Fsp3) is 0.375. The van der Waals surface area contributed by atoms with E-state index in [0.29, 0.717) is 17.0 Å². The molecule has 0 aromatic heterocycles. The number of esters is 1. The number of phenolic OH excluding ortho intramolecular Hbond substituents is 1. The van der Waals surface area contributed by atoms with Crippen LogP contribution in [0, 0.1) is 0 Å². The van der Waals surface area contributed by atoms with Crippen LogP contribution >= 0.6 is 0 Å². The zero-order valence-corrected chi connectivity index (χ0v) is 13.5. The fourth-order valence-corrected chi connectivity index (χ4v) is 2.37. The summed E-state index contributed by atoms with van der Waals surface area (Å²) in [6.07, 6.45) is -0.306. The number of hydrogen-bond acceptors (Lipinski definition) is 5. The van der Waals surface area contributed by atoms with Gasteiger partial charge in [0.1, 0.15) is 11.5 Å². The molecule has 0 radical (unpaired) electrons. The molecule has 1 heterocycles. The molecule has 0 aliphatic carbocycles. The molecule has 23 heavy (non-hydrogen) atoms. The van der Waals surface area contributed by atoms with Gasteiger partial charge in [-0.1, -0.05) is 0 Å². The molecule has 2 amide bonds. The van der Waals surface area contributed by atoms with Crippen molar-refractivity contribution in [3.8, 4) is 11.5 Å². The monoisotopic (exact) mass is 320 g/mol. The number of carbonyl (C=O) groups is 2. The van der Waals surface area contributed by atoms with Crippen LogP contribution in [-0.2, 0) is 9.53 Å². The molecular formula is C16H20N2O5. The van der Waals surface area contributed by atoms with E-state index in [-0.39, 0.29) is 17.4 Å². The molecule has 7 nitrogen and oxygen atoms in total. The minimum Gasteiger partial charge on any atom is -0.508 e. The van der Waals surface area contributed by atoms with Crippen molar-refractivity contribution in [1.29, 1.82) is 0 Å². The maximum absolute atomic E-state index is 12.4. The highest BCUT2D eigenvalue weighted by Crippen LogP contribution is 2.35. The van der Waals surface area contributed by atoms with Crippen LogP contribution in [0.15, 0.2) is 29.5 Å². The predicted octanol–water partition coefficient (Wildman–Crippen LogP) is 1.98. The summed E-state index contributed by atoms with van der Waals surface area (Å²) in [7, 11) is 1.49. The van der Waals surface area contributed by atoms with Gasteiger partial charge in [-0.15, -0.1) is 0 Å². The first-order valence-corrected chi connectivity index (χ1v) is 7.19. The SMILES string of the molecule is COc1ccc(O)c(C2NC(=O)NC(C)=C2C(=O)OC(C)C)c1. The molecule has 1 aromatic carbocycles. The first kappa shape index (κ1) is 16.7. The Morgan fingerprint density at radius 2 is 2.04 bits per heavy atom. The Kier molecular flexibility index (Phi) is 4.78. The van der Waals surface area contributed by atoms with Crippen molar-refractivity contribution in [3.05, 3.63) is 35.0 Å². The molecule has 1 aliphatic heterocycles. The lowest BCUT2D eigenvalue weighted by atomic mass is 9.94. The number of benzene rings is 1. The number of rotatable bonds is 4. The van der Waals surface area contributed by atoms with Gasteiger partial charge in [-0.05, 0) is 39.0 Å². The van der Waals surface area contributed by atoms with Crippen molar-refractivity contribution >= 4 is 12.0 Å². The number of nitrogens with one attached hydrogen (secondary N) is 2. The van der Waals surface area contributed by atoms with E-state index in [2.05, 4.69) is 10.6 Å². The van der Waals surface area contributed by atoms with E-state index in [1.165, 1.54) is 13.2 Å². The normalized spacial score (nSPS) is 17.6. The van der Waals surface area contributed by atoms with Crippen LogP contribution in [-0.4, -0.2) is 30.3 Å². The molecule has 1 unspecified atom stereocenters. The van der Waals surface area contributed by atoms with E-state index in [1.807, 2.05) is 0 Å². The molecule has 0 bridgehead atoms. The third kappa shape index (κ3) is 3.56. The maximum atomic E-state index is 12.4. The fourth-order valence-electron chi connectivity index (χ4n) is 2.37. The molecule has 1 atom stereocenters. The highest BCUT2D eigenvalue weighted by Gasteiger charge is 2.34. The molecule has 2 rings (SSSR count). The van der Waals surface area contributed by atoms with Gasteiger partial charge in [-0.25, -0.2) is 9.59 Å². The topological polar surface area (TPSA) is 96.9 Å². The quantitative estimate of drug-likeness (QED) is 0.737. The van der Waals surface area contributed by atoms with Crippen molar-refractivity contribution < 1.29 is 24.2 Å². The van der Waals surface area contributed by atoms with Gasteiger partial charge in [0.15, 0.2) is 0 Å². The molecule has 0 fully saturated rings. The summed E-state index contributed by atoms with van der Waals surface area (Å²) in [5.41, 5.74) is 0.975. The lowest BCUT2D eigenvalue weighted by Crippen LogP contribution is -2.45. The van der Waals surface area contributed by atoms with Gasteiger partial charge in [0.05, 0.1) is 24.8 Å². The van der Waals surface area contributed by atoms with Crippen molar-refractivity contribution in [2.24, 2.45) is 0 Å². The van der Waals surface area contributed by atoms with Gasteiger partial charge in [0.2, 0.25) is 0 Å². The third-order valence-corrected chi connectivity index (χ3v) is 3.38. The smallest absolute Gasteiger partial charge is 0.338 e. The second-order valence-electron chi connectivity index (χ2n) is 5.45. The number of urea groups is 1. The summed E-state index contributed by atoms with van der Waals surface area (Å²) in [6, 6.07) is 3.32. The van der Waals surface area contributed by atoms with Crippen molar-refractivity contribution in [2.45, 2.75) is 32.9 Å². The van der Waals surface area contributed by atoms with Gasteiger partial charge >= 0.3 is 12.0 Å². The number of aromatic hydroxyl groups is 1. The van der Waals surface area contributed by atoms with Gasteiger partial charge in [-0.2, -0.15) is 0 Å². The van der Waals surface area contributed by atoms with Crippen molar-refractivity contribution in [3.63, 3.8) is 0 Å². The molecule has 0 saturated heterocycles. The molecule has 1 aliphatic rings. The summed E-state index contributed by atoms with van der Waals surface area (Å²) < 4.78 is 10.4. The first-order chi connectivity index (χ1) is 10.8. The molecule has 0 saturated carbocycles. The van der Waals surface area contributed by atoms with Gasteiger partial charge < -0.3 is 25.2 Å². The summed E-state index contributed by atoms with van der Waals surface area (Å²) in [6.45, 7) is 5.08. The predicted molar refractivity (Wildman–Crippen MR) is 83.0 cm³/mol. The Hall–Kier alpha value is -2.70. The molecular weight excluding hydrogens is 300 g/mol. The zero-order valence-electron chi connectivity index (χ0n) is 13.5. The van der Waals surface area contributed by atoms with Crippen LogP contribution in [0.25, 0.3) is 0 Å². The number of amides is 2.